The van der Waals surface area contributed by atoms with E-state index in [0.717, 1.165) is 97.4 Å². The van der Waals surface area contributed by atoms with Gasteiger partial charge < -0.3 is 33.8 Å². The number of likely N-dealkylation sites (N-methyl/N-ethyl adjacent to an activating group) is 1. The maximum Gasteiger partial charge on any atom is 0.262 e. The topological polar surface area (TPSA) is 145 Å². The molecule has 2 fully saturated rings. The van der Waals surface area contributed by atoms with Crippen molar-refractivity contribution in [3.05, 3.63) is 84.3 Å². The lowest BCUT2D eigenvalue weighted by Crippen LogP contribution is -2.64. The van der Waals surface area contributed by atoms with Gasteiger partial charge in [0.2, 0.25) is 11.8 Å². The van der Waals surface area contributed by atoms with Crippen LogP contribution in [0.3, 0.4) is 0 Å². The van der Waals surface area contributed by atoms with Crippen LogP contribution in [0.5, 0.6) is 5.88 Å². The van der Waals surface area contributed by atoms with Gasteiger partial charge in [-0.25, -0.2) is 4.98 Å². The zero-order chi connectivity index (χ0) is 40.2. The highest BCUT2D eigenvalue weighted by molar-refractivity contribution is 6.23. The van der Waals surface area contributed by atoms with Crippen LogP contribution in [0.25, 0.3) is 32.9 Å². The van der Waals surface area contributed by atoms with Crippen LogP contribution in [0, 0.1) is 5.41 Å². The van der Waals surface area contributed by atoms with Crippen LogP contribution in [0.15, 0.2) is 73.2 Å². The summed E-state index contributed by atoms with van der Waals surface area (Å²) in [6.45, 7) is 4.50. The number of carbonyl (C=O) groups is 4. The molecule has 2 aliphatic heterocycles. The number of benzene rings is 2. The lowest BCUT2D eigenvalue weighted by molar-refractivity contribution is -0.124. The first kappa shape index (κ1) is 39.2. The van der Waals surface area contributed by atoms with Crippen molar-refractivity contribution in [1.29, 1.82) is 0 Å². The number of amides is 3. The molecule has 13 heteroatoms. The monoisotopic (exact) mass is 786 g/mol. The van der Waals surface area contributed by atoms with Crippen molar-refractivity contribution in [3.8, 4) is 17.0 Å². The number of hydrogen-bond acceptors (Lipinski definition) is 10. The van der Waals surface area contributed by atoms with Gasteiger partial charge in [-0.05, 0) is 86.9 Å². The van der Waals surface area contributed by atoms with E-state index in [-0.39, 0.29) is 24.4 Å². The van der Waals surface area contributed by atoms with E-state index in [1.807, 2.05) is 36.8 Å². The van der Waals surface area contributed by atoms with Gasteiger partial charge in [-0.1, -0.05) is 12.1 Å². The minimum Gasteiger partial charge on any atom is -0.478 e. The number of imide groups is 1. The van der Waals surface area contributed by atoms with E-state index >= 15 is 0 Å². The number of ether oxygens (including phenoxy) is 3. The summed E-state index contributed by atoms with van der Waals surface area (Å²) in [5, 5.41) is 4.85. The Morgan fingerprint density at radius 1 is 0.879 bits per heavy atom. The largest absolute Gasteiger partial charge is 0.478 e. The predicted octanol–water partition coefficient (Wildman–Crippen LogP) is 6.12. The van der Waals surface area contributed by atoms with Crippen molar-refractivity contribution in [2.45, 2.75) is 63.5 Å². The van der Waals surface area contributed by atoms with E-state index in [1.54, 1.807) is 12.1 Å². The zero-order valence-electron chi connectivity index (χ0n) is 33.2. The predicted molar refractivity (Wildman–Crippen MR) is 220 cm³/mol. The Hall–Kier alpha value is -5.66. The number of nitrogens with zero attached hydrogens (tertiary/aromatic N) is 5. The molecule has 3 aromatic heterocycles. The highest BCUT2D eigenvalue weighted by Crippen LogP contribution is 2.51. The molecule has 1 N–H and O–H groups in total. The van der Waals surface area contributed by atoms with Gasteiger partial charge in [0, 0.05) is 111 Å². The zero-order valence-corrected chi connectivity index (χ0v) is 33.2. The van der Waals surface area contributed by atoms with Crippen molar-refractivity contribution >= 4 is 51.5 Å². The third kappa shape index (κ3) is 7.80. The molecule has 8 rings (SSSR count). The Balaban J connectivity index is 0.671. The molecule has 1 saturated carbocycles. The van der Waals surface area contributed by atoms with Gasteiger partial charge in [0.1, 0.15) is 12.3 Å². The molecule has 1 aliphatic carbocycles. The normalized spacial score (nSPS) is 16.4. The Morgan fingerprint density at radius 3 is 2.40 bits per heavy atom. The molecule has 302 valence electrons. The van der Waals surface area contributed by atoms with Crippen molar-refractivity contribution in [2.24, 2.45) is 12.5 Å². The molecule has 1 spiro atoms. The third-order valence-electron chi connectivity index (χ3n) is 11.9. The van der Waals surface area contributed by atoms with Gasteiger partial charge in [-0.2, -0.15) is 0 Å². The van der Waals surface area contributed by atoms with E-state index in [2.05, 4.69) is 56.1 Å². The number of carbonyl (C=O) groups excluding carboxylic acids is 4. The molecular formula is C45H50N6O7. The molecule has 58 heavy (non-hydrogen) atoms. The highest BCUT2D eigenvalue weighted by Gasteiger charge is 2.53. The standard InChI is InChI=1S/C45H50N6O7/c1-46-42(53)39(8-7-17-52)51-43(54)35-13-11-32(23-36(35)44(51)55)50-28-45(29-50)24-33(25-45)57-20-5-3-18-56-19-4-6-21-58-41-14-10-31(26-48-41)30-9-12-34-37-27-47-16-15-38(37)49(2)40(34)22-30/h9-17,22-23,26-27,33,39H,3-8,18-21,24-25,28-29H2,1-2H3,(H,46,53). The number of aldehydes is 1. The van der Waals surface area contributed by atoms with Gasteiger partial charge in [-0.3, -0.25) is 24.3 Å². The summed E-state index contributed by atoms with van der Waals surface area (Å²) >= 11 is 0. The lowest BCUT2D eigenvalue weighted by Gasteiger charge is -2.59. The van der Waals surface area contributed by atoms with E-state index < -0.39 is 23.8 Å². The second-order valence-electron chi connectivity index (χ2n) is 15.8. The Labute approximate surface area is 337 Å². The summed E-state index contributed by atoms with van der Waals surface area (Å²) in [4.78, 5) is 61.9. The van der Waals surface area contributed by atoms with Crippen LogP contribution in [-0.4, -0.2) is 102 Å². The van der Waals surface area contributed by atoms with Crippen LogP contribution in [0.1, 0.15) is 72.1 Å². The minimum atomic E-state index is -1.02. The highest BCUT2D eigenvalue weighted by atomic mass is 16.5. The second-order valence-corrected chi connectivity index (χ2v) is 15.8. The minimum absolute atomic E-state index is 0.0748. The molecule has 3 aliphatic rings. The summed E-state index contributed by atoms with van der Waals surface area (Å²) in [5.41, 5.74) is 6.20. The fourth-order valence-electron chi connectivity index (χ4n) is 8.74. The fraction of sp³-hybridized carbons (Fsp3) is 0.422. The molecule has 5 heterocycles. The number of fused-ring (bicyclic) bond motifs is 4. The van der Waals surface area contributed by atoms with Crippen molar-refractivity contribution in [1.82, 2.24) is 24.8 Å². The van der Waals surface area contributed by atoms with Crippen molar-refractivity contribution < 1.29 is 33.4 Å². The first-order valence-corrected chi connectivity index (χ1v) is 20.3. The van der Waals surface area contributed by atoms with Gasteiger partial charge in [0.25, 0.3) is 11.8 Å². The van der Waals surface area contributed by atoms with Crippen molar-refractivity contribution in [3.63, 3.8) is 0 Å². The average molecular weight is 787 g/mol. The molecule has 13 nitrogen and oxygen atoms in total. The lowest BCUT2D eigenvalue weighted by atomic mass is 9.61. The van der Waals surface area contributed by atoms with Gasteiger partial charge in [0.15, 0.2) is 0 Å². The maximum atomic E-state index is 13.3. The number of anilines is 1. The summed E-state index contributed by atoms with van der Waals surface area (Å²) in [7, 11) is 3.53. The quantitative estimate of drug-likeness (QED) is 0.0591. The van der Waals surface area contributed by atoms with Gasteiger partial charge in [-0.15, -0.1) is 0 Å². The van der Waals surface area contributed by atoms with Crippen molar-refractivity contribution in [2.75, 3.05) is 51.5 Å². The van der Waals surface area contributed by atoms with E-state index in [1.165, 1.54) is 18.0 Å². The number of nitrogens with one attached hydrogen (secondary N) is 1. The number of rotatable bonds is 19. The number of hydrogen-bond donors (Lipinski definition) is 1. The maximum absolute atomic E-state index is 13.3. The fourth-order valence-corrected chi connectivity index (χ4v) is 8.74. The molecule has 1 atom stereocenters. The summed E-state index contributed by atoms with van der Waals surface area (Å²) in [6.07, 6.45) is 12.5. The van der Waals surface area contributed by atoms with Crippen LogP contribution >= 0.6 is 0 Å². The molecule has 5 aromatic rings. The van der Waals surface area contributed by atoms with E-state index in [4.69, 9.17) is 14.2 Å². The first-order chi connectivity index (χ1) is 28.3. The number of aromatic nitrogens is 3. The molecule has 0 radical (unpaired) electrons. The van der Waals surface area contributed by atoms with Crippen LogP contribution < -0.4 is 15.0 Å². The summed E-state index contributed by atoms with van der Waals surface area (Å²) < 4.78 is 20.1. The summed E-state index contributed by atoms with van der Waals surface area (Å²) in [6, 6.07) is 16.8. The average Bonchev–Trinajstić information content (AvgIpc) is 3.64. The summed E-state index contributed by atoms with van der Waals surface area (Å²) in [5.74, 6) is -0.835. The first-order valence-electron chi connectivity index (χ1n) is 20.3. The number of unbranched alkanes of at least 4 members (excludes halogenated alkanes) is 2. The number of pyridine rings is 2. The second kappa shape index (κ2) is 17.1. The van der Waals surface area contributed by atoms with Crippen LogP contribution in [-0.2, 0) is 26.1 Å². The Bertz CT molecular complexity index is 2310. The van der Waals surface area contributed by atoms with Crippen LogP contribution in [0.2, 0.25) is 0 Å². The molecular weight excluding hydrogens is 737 g/mol. The molecule has 1 saturated heterocycles. The SMILES string of the molecule is CNC(=O)C(CCC=O)N1C(=O)c2ccc(N3CC4(CC(OCCCCOCCCCOc5ccc(-c6ccc7c8cnccc8n(C)c7c6)cn5)C4)C3)cc2C1=O. The van der Waals surface area contributed by atoms with Crippen LogP contribution in [0.4, 0.5) is 5.69 Å². The number of aryl methyl sites for hydroxylation is 1. The van der Waals surface area contributed by atoms with E-state index in [9.17, 15) is 19.2 Å². The molecule has 1 unspecified atom stereocenters. The smallest absolute Gasteiger partial charge is 0.262 e. The van der Waals surface area contributed by atoms with Gasteiger partial charge in [0.05, 0.1) is 29.4 Å². The Kier molecular flexibility index (Phi) is 11.5. The Morgan fingerprint density at radius 2 is 1.64 bits per heavy atom. The van der Waals surface area contributed by atoms with Gasteiger partial charge >= 0.3 is 0 Å². The molecule has 3 amide bonds. The molecule has 2 aromatic carbocycles. The van der Waals surface area contributed by atoms with E-state index in [0.29, 0.717) is 36.5 Å². The molecule has 0 bridgehead atoms. The third-order valence-corrected chi connectivity index (χ3v) is 11.9.